The van der Waals surface area contributed by atoms with Crippen molar-refractivity contribution in [3.63, 3.8) is 0 Å². The molecular formula is C23H24N2O4. The summed E-state index contributed by atoms with van der Waals surface area (Å²) in [7, 11) is 0. The smallest absolute Gasteiger partial charge is 0.231 e. The van der Waals surface area contributed by atoms with Crippen LogP contribution in [0.15, 0.2) is 41.8 Å². The van der Waals surface area contributed by atoms with Crippen LogP contribution < -0.4 is 19.9 Å². The quantitative estimate of drug-likeness (QED) is 0.704. The van der Waals surface area contributed by atoms with E-state index >= 15 is 0 Å². The van der Waals surface area contributed by atoms with Gasteiger partial charge in [-0.1, -0.05) is 32.3 Å². The van der Waals surface area contributed by atoms with Gasteiger partial charge in [0.1, 0.15) is 23.1 Å². The van der Waals surface area contributed by atoms with Crippen LogP contribution in [0.2, 0.25) is 0 Å². The lowest BCUT2D eigenvalue weighted by atomic mass is 9.82. The summed E-state index contributed by atoms with van der Waals surface area (Å²) in [6.45, 7) is 2.35. The molecule has 0 saturated heterocycles. The molecule has 6 nitrogen and oxygen atoms in total. The Balaban J connectivity index is 1.75. The van der Waals surface area contributed by atoms with Gasteiger partial charge in [-0.15, -0.1) is 0 Å². The number of aromatic hydroxyl groups is 1. The van der Waals surface area contributed by atoms with Crippen molar-refractivity contribution >= 4 is 0 Å². The van der Waals surface area contributed by atoms with Crippen molar-refractivity contribution in [3.05, 3.63) is 58.5 Å². The Labute approximate surface area is 170 Å². The molecule has 0 aliphatic carbocycles. The summed E-state index contributed by atoms with van der Waals surface area (Å²) in [5.74, 6) is 1.65. The Morgan fingerprint density at radius 1 is 1.10 bits per heavy atom. The van der Waals surface area contributed by atoms with Crippen LogP contribution in [0, 0.1) is 11.3 Å². The van der Waals surface area contributed by atoms with Gasteiger partial charge in [0, 0.05) is 11.6 Å². The maximum absolute atomic E-state index is 10.5. The number of nitrogens with zero attached hydrogens (tertiary/aromatic N) is 1. The zero-order valence-corrected chi connectivity index (χ0v) is 16.4. The van der Waals surface area contributed by atoms with Gasteiger partial charge in [0.25, 0.3) is 0 Å². The third-order valence-corrected chi connectivity index (χ3v) is 5.45. The van der Waals surface area contributed by atoms with E-state index < -0.39 is 5.92 Å². The number of hydrogen-bond donors (Lipinski definition) is 2. The van der Waals surface area contributed by atoms with Crippen molar-refractivity contribution in [2.24, 2.45) is 5.73 Å². The van der Waals surface area contributed by atoms with Crippen LogP contribution in [0.5, 0.6) is 23.0 Å². The van der Waals surface area contributed by atoms with Crippen LogP contribution in [0.1, 0.15) is 55.2 Å². The lowest BCUT2D eigenvalue weighted by Crippen LogP contribution is -2.21. The van der Waals surface area contributed by atoms with E-state index in [-0.39, 0.29) is 18.4 Å². The normalized spacial score (nSPS) is 16.9. The molecule has 2 aliphatic rings. The van der Waals surface area contributed by atoms with Gasteiger partial charge >= 0.3 is 0 Å². The lowest BCUT2D eigenvalue weighted by Gasteiger charge is -2.27. The molecule has 3 N–H and O–H groups in total. The summed E-state index contributed by atoms with van der Waals surface area (Å²) in [6.07, 6.45) is 5.22. The topological polar surface area (TPSA) is 97.7 Å². The zero-order valence-electron chi connectivity index (χ0n) is 16.4. The average Bonchev–Trinajstić information content (AvgIpc) is 3.18. The predicted octanol–water partition coefficient (Wildman–Crippen LogP) is 4.46. The molecule has 0 radical (unpaired) electrons. The number of benzene rings is 2. The molecule has 4 rings (SSSR count). The molecule has 1 atom stereocenters. The first kappa shape index (κ1) is 19.0. The predicted molar refractivity (Wildman–Crippen MR) is 108 cm³/mol. The summed E-state index contributed by atoms with van der Waals surface area (Å²) in [4.78, 5) is 0. The second-order valence-corrected chi connectivity index (χ2v) is 7.37. The third-order valence-electron chi connectivity index (χ3n) is 5.45. The molecular weight excluding hydrogens is 368 g/mol. The highest BCUT2D eigenvalue weighted by Crippen LogP contribution is 2.46. The molecule has 2 heterocycles. The Morgan fingerprint density at radius 2 is 1.93 bits per heavy atom. The molecule has 0 aromatic heterocycles. The van der Waals surface area contributed by atoms with Crippen molar-refractivity contribution in [3.8, 4) is 29.1 Å². The van der Waals surface area contributed by atoms with E-state index in [0.717, 1.165) is 42.4 Å². The highest BCUT2D eigenvalue weighted by Gasteiger charge is 2.32. The number of nitriles is 1. The maximum Gasteiger partial charge on any atom is 0.231 e. The number of aryl methyl sites for hydroxylation is 1. The molecule has 150 valence electrons. The Bertz CT molecular complexity index is 1010. The fourth-order valence-corrected chi connectivity index (χ4v) is 3.92. The number of fused-ring (bicyclic) bond motifs is 2. The Kier molecular flexibility index (Phi) is 5.22. The maximum atomic E-state index is 10.5. The fraction of sp³-hybridized carbons (Fsp3) is 0.348. The van der Waals surface area contributed by atoms with Gasteiger partial charge in [-0.2, -0.15) is 5.26 Å². The number of nitrogens with two attached hydrogens (primary N) is 1. The molecule has 2 aromatic carbocycles. The first-order valence-electron chi connectivity index (χ1n) is 9.95. The van der Waals surface area contributed by atoms with Gasteiger partial charge < -0.3 is 25.1 Å². The van der Waals surface area contributed by atoms with E-state index in [2.05, 4.69) is 13.0 Å². The van der Waals surface area contributed by atoms with Crippen LogP contribution >= 0.6 is 0 Å². The van der Waals surface area contributed by atoms with Crippen LogP contribution in [-0.2, 0) is 6.42 Å². The van der Waals surface area contributed by atoms with Gasteiger partial charge in [0.2, 0.25) is 12.7 Å². The first-order valence-corrected chi connectivity index (χ1v) is 9.95. The molecule has 0 fully saturated rings. The minimum Gasteiger partial charge on any atom is -0.508 e. The second-order valence-electron chi connectivity index (χ2n) is 7.37. The monoisotopic (exact) mass is 392 g/mol. The summed E-state index contributed by atoms with van der Waals surface area (Å²) < 4.78 is 16.6. The van der Waals surface area contributed by atoms with Crippen LogP contribution in [0.4, 0.5) is 0 Å². The summed E-state index contributed by atoms with van der Waals surface area (Å²) >= 11 is 0. The zero-order chi connectivity index (χ0) is 20.4. The van der Waals surface area contributed by atoms with Crippen molar-refractivity contribution in [1.29, 1.82) is 5.26 Å². The summed E-state index contributed by atoms with van der Waals surface area (Å²) in [5.41, 5.74) is 8.92. The number of allylic oxidation sites excluding steroid dienone is 1. The third kappa shape index (κ3) is 3.56. The average molecular weight is 392 g/mol. The lowest BCUT2D eigenvalue weighted by molar-refractivity contribution is 0.174. The SMILES string of the molecule is CCCCCCc1cc2c(cc1O)OC(N)=C(C#N)[C@@H]2c1ccc2c(c1)OCO2. The van der Waals surface area contributed by atoms with Crippen molar-refractivity contribution in [2.75, 3.05) is 6.79 Å². The first-order chi connectivity index (χ1) is 14.1. The van der Waals surface area contributed by atoms with Crippen LogP contribution in [-0.4, -0.2) is 11.9 Å². The molecule has 0 bridgehead atoms. The standard InChI is InChI=1S/C23H24N2O4/c1-2-3-4-5-6-14-9-16-20(11-18(14)26)29-23(25)17(12-24)22(16)15-7-8-19-21(10-15)28-13-27-19/h7-11,22,26H,2-6,13,25H2,1H3/t22-/m1/s1. The minimum atomic E-state index is -0.395. The van der Waals surface area contributed by atoms with E-state index in [1.165, 1.54) is 6.42 Å². The van der Waals surface area contributed by atoms with E-state index in [0.29, 0.717) is 22.8 Å². The van der Waals surface area contributed by atoms with E-state index in [4.69, 9.17) is 19.9 Å². The van der Waals surface area contributed by atoms with Crippen LogP contribution in [0.3, 0.4) is 0 Å². The Hall–Kier alpha value is -3.33. The number of phenols is 1. The van der Waals surface area contributed by atoms with Gasteiger partial charge in [0.15, 0.2) is 11.5 Å². The molecule has 29 heavy (non-hydrogen) atoms. The number of unbranched alkanes of at least 4 members (excludes halogenated alkanes) is 3. The Morgan fingerprint density at radius 3 is 2.72 bits per heavy atom. The van der Waals surface area contributed by atoms with Gasteiger partial charge in [-0.25, -0.2) is 0 Å². The van der Waals surface area contributed by atoms with Gasteiger partial charge in [-0.05, 0) is 42.2 Å². The largest absolute Gasteiger partial charge is 0.508 e. The highest BCUT2D eigenvalue weighted by atomic mass is 16.7. The number of hydrogen-bond acceptors (Lipinski definition) is 6. The second kappa shape index (κ2) is 7.96. The minimum absolute atomic E-state index is 0.0535. The van der Waals surface area contributed by atoms with E-state index in [1.54, 1.807) is 6.07 Å². The summed E-state index contributed by atoms with van der Waals surface area (Å²) in [6, 6.07) is 11.4. The van der Waals surface area contributed by atoms with Crippen LogP contribution in [0.25, 0.3) is 0 Å². The van der Waals surface area contributed by atoms with E-state index in [9.17, 15) is 10.4 Å². The molecule has 0 spiro atoms. The van der Waals surface area contributed by atoms with Gasteiger partial charge in [-0.3, -0.25) is 0 Å². The van der Waals surface area contributed by atoms with E-state index in [1.807, 2.05) is 24.3 Å². The number of ether oxygens (including phenoxy) is 3. The van der Waals surface area contributed by atoms with Crippen molar-refractivity contribution < 1.29 is 19.3 Å². The highest BCUT2D eigenvalue weighted by molar-refractivity contribution is 5.60. The van der Waals surface area contributed by atoms with Crippen molar-refractivity contribution in [1.82, 2.24) is 0 Å². The fourth-order valence-electron chi connectivity index (χ4n) is 3.92. The molecule has 0 saturated carbocycles. The van der Waals surface area contributed by atoms with Crippen molar-refractivity contribution in [2.45, 2.75) is 44.9 Å². The molecule has 2 aromatic rings. The molecule has 0 unspecified atom stereocenters. The number of phenolic OH excluding ortho intramolecular Hbond substituents is 1. The summed E-state index contributed by atoms with van der Waals surface area (Å²) in [5, 5.41) is 20.2. The van der Waals surface area contributed by atoms with Gasteiger partial charge in [0.05, 0.1) is 5.92 Å². The number of rotatable bonds is 6. The molecule has 0 amide bonds. The molecule has 6 heteroatoms. The molecule has 2 aliphatic heterocycles.